The number of aromatic nitrogens is 2. The molecule has 0 unspecified atom stereocenters. The zero-order valence-corrected chi connectivity index (χ0v) is 39.2. The highest BCUT2D eigenvalue weighted by Crippen LogP contribution is 2.57. The van der Waals surface area contributed by atoms with Gasteiger partial charge in [0.1, 0.15) is 30.5 Å². The fourth-order valence-electron chi connectivity index (χ4n) is 9.09. The lowest BCUT2D eigenvalue weighted by molar-refractivity contribution is -0.152. The highest BCUT2D eigenvalue weighted by atomic mass is 16.5. The third-order valence-corrected chi connectivity index (χ3v) is 13.1. The number of nitrogens with zero attached hydrogens (tertiary/aromatic N) is 3. The number of morpholine rings is 1. The minimum atomic E-state index is -0.949. The average molecular weight is 952 g/mol. The molecule has 2 aromatic heterocycles. The van der Waals surface area contributed by atoms with Gasteiger partial charge in [0.25, 0.3) is 0 Å². The summed E-state index contributed by atoms with van der Waals surface area (Å²) in [4.78, 5) is 60.5. The lowest BCUT2D eigenvalue weighted by atomic mass is 9.93. The van der Waals surface area contributed by atoms with Gasteiger partial charge in [-0.2, -0.15) is 0 Å². The summed E-state index contributed by atoms with van der Waals surface area (Å²) in [5.74, 6) is -0.827. The number of pyridine rings is 2. The summed E-state index contributed by atoms with van der Waals surface area (Å²) in [5, 5.41) is 19.0. The lowest BCUT2D eigenvalue weighted by Gasteiger charge is -2.28. The van der Waals surface area contributed by atoms with Crippen LogP contribution in [0.4, 0.5) is 5.82 Å². The molecule has 2 aliphatic carbocycles. The number of anilines is 1. The Morgan fingerprint density at radius 2 is 1.21 bits per heavy atom. The molecule has 1 saturated heterocycles. The first-order valence-corrected chi connectivity index (χ1v) is 23.5. The van der Waals surface area contributed by atoms with E-state index in [1.54, 1.807) is 31.0 Å². The van der Waals surface area contributed by atoms with E-state index in [9.17, 15) is 19.2 Å². The highest BCUT2D eigenvalue weighted by molar-refractivity contribution is 5.94. The second-order valence-electron chi connectivity index (χ2n) is 17.6. The summed E-state index contributed by atoms with van der Waals surface area (Å²) in [6.45, 7) is 7.77. The number of rotatable bonds is 18. The Kier molecular flexibility index (Phi) is 15.7. The van der Waals surface area contributed by atoms with Crippen LogP contribution in [0, 0.1) is 22.7 Å². The van der Waals surface area contributed by atoms with Crippen LogP contribution in [-0.4, -0.2) is 83.7 Å². The summed E-state index contributed by atoms with van der Waals surface area (Å²) in [7, 11) is 0. The van der Waals surface area contributed by atoms with Gasteiger partial charge in [0, 0.05) is 35.8 Å². The van der Waals surface area contributed by atoms with Crippen molar-refractivity contribution in [1.82, 2.24) is 20.9 Å². The fraction of sp³-hybridized carbons (Fsp3) is 0.333. The van der Waals surface area contributed by atoms with Crippen LogP contribution in [0.1, 0.15) is 48.9 Å². The van der Waals surface area contributed by atoms with Gasteiger partial charge in [-0.05, 0) is 105 Å². The monoisotopic (exact) mass is 951 g/mol. The molecule has 9 rings (SSSR count). The quantitative estimate of drug-likeness (QED) is 0.0382. The fourth-order valence-corrected chi connectivity index (χ4v) is 9.09. The van der Waals surface area contributed by atoms with Gasteiger partial charge in [-0.15, -0.1) is 0 Å². The topological polar surface area (TPSA) is 208 Å². The van der Waals surface area contributed by atoms with E-state index in [0.717, 1.165) is 63.3 Å². The number of para-hydroxylation sites is 1. The van der Waals surface area contributed by atoms with E-state index in [-0.39, 0.29) is 13.2 Å². The molecule has 4 atom stereocenters. The van der Waals surface area contributed by atoms with Gasteiger partial charge < -0.3 is 28.6 Å². The molecule has 2 saturated carbocycles. The molecule has 1 aliphatic heterocycles. The first-order chi connectivity index (χ1) is 34.1. The Balaban J connectivity index is 0.000000190. The van der Waals surface area contributed by atoms with Gasteiger partial charge in [-0.3, -0.25) is 29.6 Å². The zero-order valence-electron chi connectivity index (χ0n) is 39.2. The van der Waals surface area contributed by atoms with Crippen LogP contribution < -0.4 is 25.3 Å². The van der Waals surface area contributed by atoms with E-state index >= 15 is 0 Å². The van der Waals surface area contributed by atoms with Gasteiger partial charge in [0.15, 0.2) is 0 Å². The Morgan fingerprint density at radius 1 is 0.671 bits per heavy atom. The van der Waals surface area contributed by atoms with Crippen molar-refractivity contribution >= 4 is 40.5 Å². The van der Waals surface area contributed by atoms with Crippen LogP contribution >= 0.6 is 0 Å². The number of hydroxylamine groups is 2. The van der Waals surface area contributed by atoms with Crippen molar-refractivity contribution in [2.24, 2.45) is 22.7 Å². The molecule has 2 amide bonds. The van der Waals surface area contributed by atoms with Crippen LogP contribution in [0.25, 0.3) is 22.2 Å². The average Bonchev–Trinajstić information content (AvgIpc) is 4.33. The Bertz CT molecular complexity index is 2770. The standard InChI is InChI=1S/C30H28N2O5.C24H29N3O6/c1-2-36-29(34)30(18-25(30)28(33)32-35)17-20-12-14-23(15-13-20)37-19-22-16-27(21-8-4-3-5-9-21)31-26-11-7-6-10-24(22)26;1-2-32-23(29)24(15-20(24)22(28)26-30)14-17-3-5-19(6-4-17)33-16-18-7-8-25-21(13-18)27-9-11-31-12-10-27/h3-16,25,35H,2,17-19H2,1H3,(H,32,33);3-8,13,20,30H,2,9-12,14-16H2,1H3,(H,26,28)/t25-,30+;20-,24+/m11/s1. The van der Waals surface area contributed by atoms with Crippen molar-refractivity contribution in [3.8, 4) is 22.8 Å². The summed E-state index contributed by atoms with van der Waals surface area (Å²) in [6.07, 6.45) is 3.19. The number of amides is 2. The summed E-state index contributed by atoms with van der Waals surface area (Å²) < 4.78 is 27.9. The summed E-state index contributed by atoms with van der Waals surface area (Å²) in [6, 6.07) is 39.1. The van der Waals surface area contributed by atoms with Gasteiger partial charge in [0.05, 0.1) is 60.3 Å². The molecule has 3 heterocycles. The van der Waals surface area contributed by atoms with E-state index in [2.05, 4.69) is 16.0 Å². The third kappa shape index (κ3) is 11.4. The van der Waals surface area contributed by atoms with Crippen molar-refractivity contribution in [2.75, 3.05) is 44.4 Å². The van der Waals surface area contributed by atoms with Gasteiger partial charge in [0.2, 0.25) is 11.8 Å². The first-order valence-electron chi connectivity index (χ1n) is 23.5. The molecule has 0 bridgehead atoms. The molecule has 364 valence electrons. The molecule has 0 spiro atoms. The largest absolute Gasteiger partial charge is 0.489 e. The molecule has 3 aliphatic rings. The summed E-state index contributed by atoms with van der Waals surface area (Å²) in [5.41, 5.74) is 8.10. The number of nitrogens with one attached hydrogen (secondary N) is 2. The van der Waals surface area contributed by atoms with Gasteiger partial charge in [-0.25, -0.2) is 20.9 Å². The molecular weight excluding hydrogens is 895 g/mol. The van der Waals surface area contributed by atoms with Crippen molar-refractivity contribution < 1.29 is 53.3 Å². The molecular formula is C54H57N5O11. The molecule has 0 radical (unpaired) electrons. The number of hydrogen-bond acceptors (Lipinski definition) is 14. The normalized spacial score (nSPS) is 20.0. The van der Waals surface area contributed by atoms with Crippen molar-refractivity contribution in [1.29, 1.82) is 0 Å². The van der Waals surface area contributed by atoms with Crippen molar-refractivity contribution in [2.45, 2.75) is 52.7 Å². The lowest BCUT2D eigenvalue weighted by Crippen LogP contribution is -2.36. The number of fused-ring (bicyclic) bond motifs is 1. The Hall–Kier alpha value is -7.40. The number of esters is 2. The van der Waals surface area contributed by atoms with E-state index in [4.69, 9.17) is 39.1 Å². The Morgan fingerprint density at radius 3 is 1.77 bits per heavy atom. The predicted octanol–water partition coefficient (Wildman–Crippen LogP) is 7.21. The first kappa shape index (κ1) is 49.0. The highest BCUT2D eigenvalue weighted by Gasteiger charge is 2.65. The zero-order chi connectivity index (χ0) is 49.1. The second kappa shape index (κ2) is 22.4. The molecule has 4 N–H and O–H groups in total. The minimum Gasteiger partial charge on any atom is -0.489 e. The van der Waals surface area contributed by atoms with E-state index in [1.807, 2.05) is 115 Å². The number of carbonyl (C=O) groups is 4. The smallest absolute Gasteiger partial charge is 0.313 e. The molecule has 16 heteroatoms. The second-order valence-corrected chi connectivity index (χ2v) is 17.6. The SMILES string of the molecule is CCOC(=O)[C@@]1(Cc2ccc(OCc3cc(-c4ccccc4)nc4ccccc34)cc2)C[C@@H]1C(=O)NO.CCOC(=O)[C@@]1(Cc2ccc(OCc3ccnc(N4CCOCC4)c3)cc2)C[C@@H]1C(=O)NO. The number of benzene rings is 4. The maximum absolute atomic E-state index is 12.6. The minimum absolute atomic E-state index is 0.233. The van der Waals surface area contributed by atoms with E-state index in [0.29, 0.717) is 63.6 Å². The van der Waals surface area contributed by atoms with Crippen LogP contribution in [-0.2, 0) is 59.4 Å². The number of ether oxygens (including phenoxy) is 5. The molecule has 4 aromatic carbocycles. The van der Waals surface area contributed by atoms with Crippen molar-refractivity contribution in [3.05, 3.63) is 150 Å². The molecule has 16 nitrogen and oxygen atoms in total. The molecule has 6 aromatic rings. The Labute approximate surface area is 405 Å². The van der Waals surface area contributed by atoms with Crippen LogP contribution in [0.2, 0.25) is 0 Å². The van der Waals surface area contributed by atoms with Gasteiger partial charge >= 0.3 is 11.9 Å². The summed E-state index contributed by atoms with van der Waals surface area (Å²) >= 11 is 0. The van der Waals surface area contributed by atoms with E-state index in [1.165, 1.54) is 0 Å². The van der Waals surface area contributed by atoms with Crippen LogP contribution in [0.3, 0.4) is 0 Å². The van der Waals surface area contributed by atoms with Crippen LogP contribution in [0.15, 0.2) is 128 Å². The maximum atomic E-state index is 12.6. The maximum Gasteiger partial charge on any atom is 0.313 e. The molecule has 70 heavy (non-hydrogen) atoms. The third-order valence-electron chi connectivity index (χ3n) is 13.1. The predicted molar refractivity (Wildman–Crippen MR) is 258 cm³/mol. The van der Waals surface area contributed by atoms with Gasteiger partial charge in [-0.1, -0.05) is 72.8 Å². The molecule has 3 fully saturated rings. The number of carbonyl (C=O) groups excluding carboxylic acids is 4. The number of hydrogen-bond donors (Lipinski definition) is 4. The van der Waals surface area contributed by atoms with Crippen molar-refractivity contribution in [3.63, 3.8) is 0 Å². The van der Waals surface area contributed by atoms with E-state index < -0.39 is 46.4 Å². The van der Waals surface area contributed by atoms with Crippen LogP contribution in [0.5, 0.6) is 11.5 Å².